The van der Waals surface area contributed by atoms with Crippen molar-refractivity contribution in [1.82, 2.24) is 5.43 Å². The van der Waals surface area contributed by atoms with Crippen LogP contribution in [-0.2, 0) is 0 Å². The number of hydrazone groups is 1. The molecule has 0 amide bonds. The fourth-order valence-corrected chi connectivity index (χ4v) is 0.360. The smallest absolute Gasteiger partial charge is 0.0464 e. The molecule has 0 atom stereocenters. The highest BCUT2D eigenvalue weighted by Crippen LogP contribution is 1.96. The van der Waals surface area contributed by atoms with Crippen LogP contribution in [0.2, 0.25) is 0 Å². The van der Waals surface area contributed by atoms with Crippen LogP contribution in [0.5, 0.6) is 0 Å². The Morgan fingerprint density at radius 3 is 2.30 bits per heavy atom. The van der Waals surface area contributed by atoms with Crippen LogP contribution in [-0.4, -0.2) is 11.8 Å². The third-order valence-corrected chi connectivity index (χ3v) is 0.753. The summed E-state index contributed by atoms with van der Waals surface area (Å²) in [7, 11) is 0. The molecule has 2 nitrogen and oxygen atoms in total. The summed E-state index contributed by atoms with van der Waals surface area (Å²) >= 11 is 0. The summed E-state index contributed by atoms with van der Waals surface area (Å²) in [6, 6.07) is 0. The first-order valence-corrected chi connectivity index (χ1v) is 3.48. The molecule has 0 aliphatic carbocycles. The Balaban J connectivity index is 3.54. The van der Waals surface area contributed by atoms with Crippen molar-refractivity contribution in [3.8, 4) is 0 Å². The summed E-state index contributed by atoms with van der Waals surface area (Å²) < 4.78 is 0. The molecule has 0 fully saturated rings. The Kier molecular flexibility index (Phi) is 3.77. The Labute approximate surface area is 63.0 Å². The van der Waals surface area contributed by atoms with Crippen LogP contribution in [0.1, 0.15) is 27.7 Å². The fourth-order valence-electron chi connectivity index (χ4n) is 0.360. The quantitative estimate of drug-likeness (QED) is 0.460. The van der Waals surface area contributed by atoms with Crippen molar-refractivity contribution in [3.05, 3.63) is 12.2 Å². The van der Waals surface area contributed by atoms with E-state index in [1.165, 1.54) is 0 Å². The maximum atomic E-state index is 3.97. The van der Waals surface area contributed by atoms with Gasteiger partial charge >= 0.3 is 0 Å². The third-order valence-electron chi connectivity index (χ3n) is 0.753. The molecule has 0 saturated carbocycles. The SMILES string of the molecule is C/C=C\C=N/NC(C)(C)C. The number of nitrogens with zero attached hydrogens (tertiary/aromatic N) is 1. The summed E-state index contributed by atoms with van der Waals surface area (Å²) in [6.45, 7) is 8.17. The van der Waals surface area contributed by atoms with Gasteiger partial charge in [-0.05, 0) is 33.8 Å². The minimum Gasteiger partial charge on any atom is -0.305 e. The Bertz CT molecular complexity index is 129. The molecule has 1 N–H and O–H groups in total. The number of nitrogens with one attached hydrogen (secondary N) is 1. The first kappa shape index (κ1) is 9.21. The predicted octanol–water partition coefficient (Wildman–Crippen LogP) is 1.94. The maximum Gasteiger partial charge on any atom is 0.0464 e. The minimum absolute atomic E-state index is 0.0675. The van der Waals surface area contributed by atoms with Crippen molar-refractivity contribution >= 4 is 6.21 Å². The van der Waals surface area contributed by atoms with Gasteiger partial charge in [0.25, 0.3) is 0 Å². The molecule has 0 saturated heterocycles. The van der Waals surface area contributed by atoms with Crippen LogP contribution in [0.25, 0.3) is 0 Å². The largest absolute Gasteiger partial charge is 0.305 e. The lowest BCUT2D eigenvalue weighted by molar-refractivity contribution is 0.442. The molecule has 0 unspecified atom stereocenters. The van der Waals surface area contributed by atoms with Crippen LogP contribution in [0.3, 0.4) is 0 Å². The van der Waals surface area contributed by atoms with E-state index in [2.05, 4.69) is 31.3 Å². The molecule has 0 aromatic carbocycles. The summed E-state index contributed by atoms with van der Waals surface area (Å²) in [5, 5.41) is 3.97. The van der Waals surface area contributed by atoms with Gasteiger partial charge in [-0.25, -0.2) is 0 Å². The minimum atomic E-state index is 0.0675. The normalized spacial score (nSPS) is 13.2. The van der Waals surface area contributed by atoms with Gasteiger partial charge in [0.15, 0.2) is 0 Å². The standard InChI is InChI=1S/C8H16N2/c1-5-6-7-9-10-8(2,3)4/h5-7,10H,1-4H3/b6-5-,9-7-. The first-order valence-electron chi connectivity index (χ1n) is 3.48. The van der Waals surface area contributed by atoms with Crippen LogP contribution >= 0.6 is 0 Å². The lowest BCUT2D eigenvalue weighted by Gasteiger charge is -2.16. The van der Waals surface area contributed by atoms with Gasteiger partial charge < -0.3 is 5.43 Å². The topological polar surface area (TPSA) is 24.4 Å². The van der Waals surface area contributed by atoms with Gasteiger partial charge in [0, 0.05) is 11.8 Å². The molecule has 0 aliphatic heterocycles. The van der Waals surface area contributed by atoms with E-state index in [0.717, 1.165) is 0 Å². The molecule has 0 heterocycles. The molecular formula is C8H16N2. The van der Waals surface area contributed by atoms with Crippen LogP contribution in [0.15, 0.2) is 17.3 Å². The number of allylic oxidation sites excluding steroid dienone is 2. The van der Waals surface area contributed by atoms with Gasteiger partial charge in [-0.3, -0.25) is 0 Å². The van der Waals surface area contributed by atoms with Crippen molar-refractivity contribution in [2.45, 2.75) is 33.2 Å². The zero-order valence-corrected chi connectivity index (χ0v) is 7.18. The van der Waals surface area contributed by atoms with Gasteiger partial charge in [-0.15, -0.1) is 0 Å². The highest BCUT2D eigenvalue weighted by Gasteiger charge is 2.04. The third kappa shape index (κ3) is 7.21. The Morgan fingerprint density at radius 1 is 1.30 bits per heavy atom. The van der Waals surface area contributed by atoms with E-state index in [1.807, 2.05) is 19.1 Å². The summed E-state index contributed by atoms with van der Waals surface area (Å²) in [5.41, 5.74) is 3.04. The second-order valence-electron chi connectivity index (χ2n) is 3.17. The molecular weight excluding hydrogens is 124 g/mol. The molecule has 10 heavy (non-hydrogen) atoms. The van der Waals surface area contributed by atoms with Gasteiger partial charge in [-0.2, -0.15) is 5.10 Å². The van der Waals surface area contributed by atoms with Crippen molar-refractivity contribution in [3.63, 3.8) is 0 Å². The van der Waals surface area contributed by atoms with E-state index in [4.69, 9.17) is 0 Å². The molecule has 0 aromatic heterocycles. The average molecular weight is 140 g/mol. The number of rotatable bonds is 2. The Hall–Kier alpha value is -0.790. The van der Waals surface area contributed by atoms with E-state index < -0.39 is 0 Å². The Morgan fingerprint density at radius 2 is 1.90 bits per heavy atom. The summed E-state index contributed by atoms with van der Waals surface area (Å²) in [5.74, 6) is 0. The lowest BCUT2D eigenvalue weighted by atomic mass is 10.1. The van der Waals surface area contributed by atoms with E-state index in [1.54, 1.807) is 6.21 Å². The highest BCUT2D eigenvalue weighted by atomic mass is 15.3. The number of hydrogen-bond acceptors (Lipinski definition) is 2. The van der Waals surface area contributed by atoms with E-state index in [-0.39, 0.29) is 5.54 Å². The molecule has 0 bridgehead atoms. The maximum absolute atomic E-state index is 3.97. The molecule has 58 valence electrons. The van der Waals surface area contributed by atoms with Gasteiger partial charge in [0.2, 0.25) is 0 Å². The van der Waals surface area contributed by atoms with Crippen LogP contribution < -0.4 is 5.43 Å². The predicted molar refractivity (Wildman–Crippen MR) is 46.2 cm³/mol. The molecule has 0 radical (unpaired) electrons. The lowest BCUT2D eigenvalue weighted by Crippen LogP contribution is -2.31. The van der Waals surface area contributed by atoms with Crippen molar-refractivity contribution in [2.75, 3.05) is 0 Å². The van der Waals surface area contributed by atoms with Gasteiger partial charge in [-0.1, -0.05) is 6.08 Å². The van der Waals surface area contributed by atoms with Gasteiger partial charge in [0.05, 0.1) is 0 Å². The van der Waals surface area contributed by atoms with Gasteiger partial charge in [0.1, 0.15) is 0 Å². The monoisotopic (exact) mass is 140 g/mol. The molecule has 0 spiro atoms. The molecule has 2 heteroatoms. The highest BCUT2D eigenvalue weighted by molar-refractivity contribution is 5.70. The second-order valence-corrected chi connectivity index (χ2v) is 3.17. The summed E-state index contributed by atoms with van der Waals surface area (Å²) in [4.78, 5) is 0. The van der Waals surface area contributed by atoms with Crippen LogP contribution in [0, 0.1) is 0 Å². The van der Waals surface area contributed by atoms with E-state index >= 15 is 0 Å². The molecule has 0 aliphatic rings. The zero-order chi connectivity index (χ0) is 8.04. The average Bonchev–Trinajstić information content (AvgIpc) is 1.78. The van der Waals surface area contributed by atoms with Crippen LogP contribution in [0.4, 0.5) is 0 Å². The van der Waals surface area contributed by atoms with Crippen molar-refractivity contribution in [2.24, 2.45) is 5.10 Å². The van der Waals surface area contributed by atoms with E-state index in [0.29, 0.717) is 0 Å². The fraction of sp³-hybridized carbons (Fsp3) is 0.625. The summed E-state index contributed by atoms with van der Waals surface area (Å²) in [6.07, 6.45) is 5.57. The molecule has 0 rings (SSSR count). The molecule has 0 aromatic rings. The van der Waals surface area contributed by atoms with E-state index in [9.17, 15) is 0 Å². The second kappa shape index (κ2) is 4.09. The van der Waals surface area contributed by atoms with Crippen molar-refractivity contribution in [1.29, 1.82) is 0 Å². The number of hydrogen-bond donors (Lipinski definition) is 1. The van der Waals surface area contributed by atoms with Crippen molar-refractivity contribution < 1.29 is 0 Å². The zero-order valence-electron chi connectivity index (χ0n) is 7.18. The first-order chi connectivity index (χ1) is 4.56.